The van der Waals surface area contributed by atoms with Crippen LogP contribution in [0, 0.1) is 11.7 Å². The van der Waals surface area contributed by atoms with Crippen LogP contribution < -0.4 is 10.1 Å². The van der Waals surface area contributed by atoms with Gasteiger partial charge in [0, 0.05) is 5.92 Å². The molecule has 1 rings (SSSR count). The number of ketones is 1. The molecule has 0 aliphatic carbocycles. The number of amides is 1. The van der Waals surface area contributed by atoms with Crippen molar-refractivity contribution in [3.05, 3.63) is 29.6 Å². The summed E-state index contributed by atoms with van der Waals surface area (Å²) in [5, 5.41) is 2.39. The Morgan fingerprint density at radius 1 is 1.39 bits per heavy atom. The lowest BCUT2D eigenvalue weighted by Crippen LogP contribution is -2.32. The number of ether oxygens (including phenoxy) is 1. The first kappa shape index (κ1) is 14.2. The van der Waals surface area contributed by atoms with Gasteiger partial charge in [0.25, 0.3) is 5.91 Å². The van der Waals surface area contributed by atoms with Crippen molar-refractivity contribution < 1.29 is 18.7 Å². The molecule has 0 fully saturated rings. The van der Waals surface area contributed by atoms with Gasteiger partial charge < -0.3 is 10.1 Å². The second-order valence-electron chi connectivity index (χ2n) is 4.13. The van der Waals surface area contributed by atoms with Gasteiger partial charge in [-0.2, -0.15) is 0 Å². The molecule has 0 aliphatic rings. The number of Topliss-reactive ketones (excluding diaryl/α,β-unsaturated/α-hetero) is 1. The molecule has 0 bridgehead atoms. The number of carbonyl (C=O) groups is 2. The summed E-state index contributed by atoms with van der Waals surface area (Å²) in [5.41, 5.74) is -0.133. The molecule has 1 aromatic rings. The number of benzene rings is 1. The molecule has 0 saturated carbocycles. The average Bonchev–Trinajstić information content (AvgIpc) is 2.35. The molecule has 0 radical (unpaired) electrons. The fourth-order valence-corrected chi connectivity index (χ4v) is 1.31. The molecule has 4 nitrogen and oxygen atoms in total. The van der Waals surface area contributed by atoms with Crippen molar-refractivity contribution in [2.45, 2.75) is 13.8 Å². The van der Waals surface area contributed by atoms with Crippen LogP contribution in [0.3, 0.4) is 0 Å². The van der Waals surface area contributed by atoms with Crippen LogP contribution in [0.2, 0.25) is 0 Å². The SMILES string of the molecule is COc1cccc(C(=O)NCC(=O)C(C)C)c1F. The van der Waals surface area contributed by atoms with E-state index in [9.17, 15) is 14.0 Å². The van der Waals surface area contributed by atoms with E-state index in [1.807, 2.05) is 0 Å². The van der Waals surface area contributed by atoms with E-state index in [0.29, 0.717) is 0 Å². The Hall–Kier alpha value is -1.91. The highest BCUT2D eigenvalue weighted by Gasteiger charge is 2.16. The molecule has 0 heterocycles. The van der Waals surface area contributed by atoms with Gasteiger partial charge in [0.05, 0.1) is 19.2 Å². The van der Waals surface area contributed by atoms with Gasteiger partial charge in [-0.25, -0.2) is 4.39 Å². The topological polar surface area (TPSA) is 55.4 Å². The predicted octanol–water partition coefficient (Wildman–Crippen LogP) is 1.79. The van der Waals surface area contributed by atoms with Crippen LogP contribution in [-0.4, -0.2) is 25.3 Å². The van der Waals surface area contributed by atoms with Crippen molar-refractivity contribution in [1.82, 2.24) is 5.32 Å². The molecular weight excluding hydrogens is 237 g/mol. The van der Waals surface area contributed by atoms with Crippen LogP contribution in [0.15, 0.2) is 18.2 Å². The monoisotopic (exact) mass is 253 g/mol. The highest BCUT2D eigenvalue weighted by Crippen LogP contribution is 2.19. The maximum atomic E-state index is 13.7. The molecule has 98 valence electrons. The molecule has 0 spiro atoms. The van der Waals surface area contributed by atoms with Gasteiger partial charge in [0.2, 0.25) is 0 Å². The number of carbonyl (C=O) groups excluding carboxylic acids is 2. The average molecular weight is 253 g/mol. The molecule has 1 aromatic carbocycles. The van der Waals surface area contributed by atoms with Crippen molar-refractivity contribution in [3.63, 3.8) is 0 Å². The van der Waals surface area contributed by atoms with Gasteiger partial charge in [0.1, 0.15) is 0 Å². The van der Waals surface area contributed by atoms with E-state index in [4.69, 9.17) is 4.74 Å². The van der Waals surface area contributed by atoms with Gasteiger partial charge in [-0.05, 0) is 12.1 Å². The summed E-state index contributed by atoms with van der Waals surface area (Å²) < 4.78 is 18.5. The highest BCUT2D eigenvalue weighted by atomic mass is 19.1. The number of halogens is 1. The van der Waals surface area contributed by atoms with E-state index in [0.717, 1.165) is 0 Å². The Bertz CT molecular complexity index is 458. The number of hydrogen-bond acceptors (Lipinski definition) is 3. The highest BCUT2D eigenvalue weighted by molar-refractivity contribution is 5.97. The summed E-state index contributed by atoms with van der Waals surface area (Å²) in [6.07, 6.45) is 0. The van der Waals surface area contributed by atoms with E-state index < -0.39 is 11.7 Å². The van der Waals surface area contributed by atoms with Crippen LogP contribution in [0.1, 0.15) is 24.2 Å². The lowest BCUT2D eigenvalue weighted by Gasteiger charge is -2.09. The van der Waals surface area contributed by atoms with E-state index in [1.165, 1.54) is 25.3 Å². The van der Waals surface area contributed by atoms with E-state index in [1.54, 1.807) is 13.8 Å². The quantitative estimate of drug-likeness (QED) is 0.870. The van der Waals surface area contributed by atoms with Crippen molar-refractivity contribution in [2.24, 2.45) is 5.92 Å². The molecular formula is C13H16FNO3. The smallest absolute Gasteiger partial charge is 0.254 e. The summed E-state index contributed by atoms with van der Waals surface area (Å²) >= 11 is 0. The summed E-state index contributed by atoms with van der Waals surface area (Å²) in [6.45, 7) is 3.37. The Balaban J connectivity index is 2.76. The maximum Gasteiger partial charge on any atom is 0.254 e. The summed E-state index contributed by atoms with van der Waals surface area (Å²) in [7, 11) is 1.32. The first-order chi connectivity index (χ1) is 8.47. The molecule has 5 heteroatoms. The molecule has 1 N–H and O–H groups in total. The van der Waals surface area contributed by atoms with Crippen LogP contribution >= 0.6 is 0 Å². The molecule has 18 heavy (non-hydrogen) atoms. The third kappa shape index (κ3) is 3.29. The van der Waals surface area contributed by atoms with Gasteiger partial charge in [-0.15, -0.1) is 0 Å². The van der Waals surface area contributed by atoms with E-state index in [2.05, 4.69) is 5.32 Å². The first-order valence-electron chi connectivity index (χ1n) is 5.60. The fourth-order valence-electron chi connectivity index (χ4n) is 1.31. The number of rotatable bonds is 5. The fraction of sp³-hybridized carbons (Fsp3) is 0.385. The normalized spacial score (nSPS) is 10.3. The van der Waals surface area contributed by atoms with E-state index in [-0.39, 0.29) is 29.6 Å². The standard InChI is InChI=1S/C13H16FNO3/c1-8(2)10(16)7-15-13(17)9-5-4-6-11(18-3)12(9)14/h4-6,8H,7H2,1-3H3,(H,15,17). The van der Waals surface area contributed by atoms with Gasteiger partial charge in [0.15, 0.2) is 17.3 Å². The summed E-state index contributed by atoms with van der Waals surface area (Å²) in [6, 6.07) is 4.28. The Morgan fingerprint density at radius 2 is 2.06 bits per heavy atom. The van der Waals surface area contributed by atoms with Crippen molar-refractivity contribution >= 4 is 11.7 Å². The second-order valence-corrected chi connectivity index (χ2v) is 4.13. The van der Waals surface area contributed by atoms with Crippen molar-refractivity contribution in [1.29, 1.82) is 0 Å². The molecule has 0 saturated heterocycles. The Morgan fingerprint density at radius 3 is 2.61 bits per heavy atom. The number of hydrogen-bond donors (Lipinski definition) is 1. The number of nitrogens with one attached hydrogen (secondary N) is 1. The zero-order chi connectivity index (χ0) is 13.7. The zero-order valence-electron chi connectivity index (χ0n) is 10.6. The Kier molecular flexibility index (Phi) is 4.83. The molecule has 0 aliphatic heterocycles. The van der Waals surface area contributed by atoms with Crippen LogP contribution in [0.25, 0.3) is 0 Å². The van der Waals surface area contributed by atoms with Crippen LogP contribution in [-0.2, 0) is 4.79 Å². The van der Waals surface area contributed by atoms with Gasteiger partial charge >= 0.3 is 0 Å². The number of methoxy groups -OCH3 is 1. The predicted molar refractivity (Wildman–Crippen MR) is 65.1 cm³/mol. The van der Waals surface area contributed by atoms with Gasteiger partial charge in [-0.1, -0.05) is 19.9 Å². The molecule has 0 atom stereocenters. The summed E-state index contributed by atoms with van der Waals surface area (Å²) in [4.78, 5) is 23.1. The lowest BCUT2D eigenvalue weighted by atomic mass is 10.1. The Labute approximate surface area is 105 Å². The summed E-state index contributed by atoms with van der Waals surface area (Å²) in [5.74, 6) is -1.63. The van der Waals surface area contributed by atoms with Gasteiger partial charge in [-0.3, -0.25) is 9.59 Å². The minimum absolute atomic E-state index is 0.00200. The first-order valence-corrected chi connectivity index (χ1v) is 5.60. The third-order valence-corrected chi connectivity index (χ3v) is 2.49. The maximum absolute atomic E-state index is 13.7. The van der Waals surface area contributed by atoms with Crippen molar-refractivity contribution in [2.75, 3.05) is 13.7 Å². The minimum Gasteiger partial charge on any atom is -0.494 e. The van der Waals surface area contributed by atoms with Crippen LogP contribution in [0.5, 0.6) is 5.75 Å². The minimum atomic E-state index is -0.727. The molecule has 0 aromatic heterocycles. The van der Waals surface area contributed by atoms with E-state index >= 15 is 0 Å². The van der Waals surface area contributed by atoms with Crippen molar-refractivity contribution in [3.8, 4) is 5.75 Å². The largest absolute Gasteiger partial charge is 0.494 e. The zero-order valence-corrected chi connectivity index (χ0v) is 10.6. The second kappa shape index (κ2) is 6.14. The molecule has 0 unspecified atom stereocenters. The lowest BCUT2D eigenvalue weighted by molar-refractivity contribution is -0.120. The third-order valence-electron chi connectivity index (χ3n) is 2.49. The van der Waals surface area contributed by atoms with Crippen LogP contribution in [0.4, 0.5) is 4.39 Å². The molecule has 1 amide bonds.